The SMILES string of the molecule is CSC1CCC(NCc2cc3c(cc2Br)OCO3)C1. The van der Waals surface area contributed by atoms with E-state index in [1.807, 2.05) is 17.8 Å². The summed E-state index contributed by atoms with van der Waals surface area (Å²) in [7, 11) is 0. The molecule has 104 valence electrons. The average molecular weight is 344 g/mol. The van der Waals surface area contributed by atoms with Crippen LogP contribution in [0.2, 0.25) is 0 Å². The van der Waals surface area contributed by atoms with Gasteiger partial charge in [0.15, 0.2) is 11.5 Å². The van der Waals surface area contributed by atoms with Crippen LogP contribution in [0.4, 0.5) is 0 Å². The third kappa shape index (κ3) is 3.03. The molecule has 1 aromatic carbocycles. The van der Waals surface area contributed by atoms with E-state index in [1.54, 1.807) is 0 Å². The molecule has 0 aromatic heterocycles. The Hall–Kier alpha value is -0.390. The van der Waals surface area contributed by atoms with Gasteiger partial charge in [-0.25, -0.2) is 0 Å². The molecule has 2 atom stereocenters. The molecular weight excluding hydrogens is 326 g/mol. The summed E-state index contributed by atoms with van der Waals surface area (Å²) in [6.07, 6.45) is 6.11. The van der Waals surface area contributed by atoms with Gasteiger partial charge in [-0.3, -0.25) is 0 Å². The van der Waals surface area contributed by atoms with Crippen molar-refractivity contribution in [2.24, 2.45) is 0 Å². The highest BCUT2D eigenvalue weighted by Crippen LogP contribution is 2.37. The lowest BCUT2D eigenvalue weighted by molar-refractivity contribution is 0.174. The molecule has 3 nitrogen and oxygen atoms in total. The summed E-state index contributed by atoms with van der Waals surface area (Å²) < 4.78 is 11.9. The van der Waals surface area contributed by atoms with Crippen molar-refractivity contribution in [2.75, 3.05) is 13.0 Å². The van der Waals surface area contributed by atoms with Crippen LogP contribution in [0.1, 0.15) is 24.8 Å². The first-order chi connectivity index (χ1) is 9.26. The van der Waals surface area contributed by atoms with Crippen LogP contribution < -0.4 is 14.8 Å². The number of halogens is 1. The molecule has 1 aliphatic carbocycles. The second-order valence-corrected chi connectivity index (χ2v) is 7.04. The molecule has 1 heterocycles. The molecule has 1 fully saturated rings. The van der Waals surface area contributed by atoms with Crippen LogP contribution in [0.5, 0.6) is 11.5 Å². The van der Waals surface area contributed by atoms with Gasteiger partial charge >= 0.3 is 0 Å². The summed E-state index contributed by atoms with van der Waals surface area (Å²) in [4.78, 5) is 0. The van der Waals surface area contributed by atoms with Gasteiger partial charge in [-0.15, -0.1) is 0 Å². The fourth-order valence-electron chi connectivity index (χ4n) is 2.69. The Balaban J connectivity index is 1.61. The van der Waals surface area contributed by atoms with Crippen molar-refractivity contribution in [3.8, 4) is 11.5 Å². The van der Waals surface area contributed by atoms with E-state index in [1.165, 1.54) is 24.8 Å². The highest BCUT2D eigenvalue weighted by atomic mass is 79.9. The first-order valence-corrected chi connectivity index (χ1v) is 8.68. The quantitative estimate of drug-likeness (QED) is 0.905. The van der Waals surface area contributed by atoms with E-state index in [2.05, 4.69) is 33.6 Å². The third-order valence-electron chi connectivity index (χ3n) is 3.84. The largest absolute Gasteiger partial charge is 0.454 e. The molecule has 1 aliphatic heterocycles. The molecule has 3 rings (SSSR count). The van der Waals surface area contributed by atoms with Crippen LogP contribution in [0.15, 0.2) is 16.6 Å². The second kappa shape index (κ2) is 5.94. The number of hydrogen-bond donors (Lipinski definition) is 1. The van der Waals surface area contributed by atoms with E-state index in [0.29, 0.717) is 12.8 Å². The monoisotopic (exact) mass is 343 g/mol. The van der Waals surface area contributed by atoms with Crippen molar-refractivity contribution in [1.82, 2.24) is 5.32 Å². The number of rotatable bonds is 4. The number of fused-ring (bicyclic) bond motifs is 1. The van der Waals surface area contributed by atoms with Crippen LogP contribution in [0, 0.1) is 0 Å². The smallest absolute Gasteiger partial charge is 0.231 e. The van der Waals surface area contributed by atoms with Crippen molar-refractivity contribution in [3.05, 3.63) is 22.2 Å². The second-order valence-electron chi connectivity index (χ2n) is 5.05. The van der Waals surface area contributed by atoms with E-state index in [0.717, 1.165) is 27.8 Å². The zero-order chi connectivity index (χ0) is 13.2. The molecule has 0 radical (unpaired) electrons. The lowest BCUT2D eigenvalue weighted by Gasteiger charge is -2.14. The Morgan fingerprint density at radius 3 is 2.84 bits per heavy atom. The fourth-order valence-corrected chi connectivity index (χ4v) is 3.95. The highest BCUT2D eigenvalue weighted by Gasteiger charge is 2.24. The van der Waals surface area contributed by atoms with E-state index < -0.39 is 0 Å². The Kier molecular flexibility index (Phi) is 4.24. The maximum atomic E-state index is 5.43. The summed E-state index contributed by atoms with van der Waals surface area (Å²) in [5.41, 5.74) is 1.23. The summed E-state index contributed by atoms with van der Waals surface area (Å²) >= 11 is 5.60. The van der Waals surface area contributed by atoms with Gasteiger partial charge in [0.25, 0.3) is 0 Å². The fraction of sp³-hybridized carbons (Fsp3) is 0.571. The van der Waals surface area contributed by atoms with Crippen molar-refractivity contribution < 1.29 is 9.47 Å². The van der Waals surface area contributed by atoms with E-state index in [9.17, 15) is 0 Å². The van der Waals surface area contributed by atoms with Crippen LogP contribution in [-0.2, 0) is 6.54 Å². The number of hydrogen-bond acceptors (Lipinski definition) is 4. The molecule has 0 spiro atoms. The van der Waals surface area contributed by atoms with Crippen molar-refractivity contribution in [3.63, 3.8) is 0 Å². The minimum atomic E-state index is 0.330. The normalized spacial score (nSPS) is 24.9. The molecule has 1 saturated carbocycles. The molecule has 1 aromatic rings. The van der Waals surface area contributed by atoms with E-state index in [-0.39, 0.29) is 0 Å². The zero-order valence-electron chi connectivity index (χ0n) is 10.9. The molecule has 1 N–H and O–H groups in total. The number of thioether (sulfide) groups is 1. The first-order valence-electron chi connectivity index (χ1n) is 6.60. The van der Waals surface area contributed by atoms with Crippen LogP contribution in [0.3, 0.4) is 0 Å². The summed E-state index contributed by atoms with van der Waals surface area (Å²) in [5, 5.41) is 4.49. The zero-order valence-corrected chi connectivity index (χ0v) is 13.4. The Morgan fingerprint density at radius 2 is 2.11 bits per heavy atom. The maximum absolute atomic E-state index is 5.43. The summed E-state index contributed by atoms with van der Waals surface area (Å²) in [6, 6.07) is 4.72. The maximum Gasteiger partial charge on any atom is 0.231 e. The molecule has 0 amide bonds. The van der Waals surface area contributed by atoms with Gasteiger partial charge in [0, 0.05) is 22.3 Å². The summed E-state index contributed by atoms with van der Waals surface area (Å²) in [6.45, 7) is 1.21. The topological polar surface area (TPSA) is 30.5 Å². The standard InChI is InChI=1S/C14H18BrNO2S/c1-19-11-3-2-10(5-11)16-7-9-4-13-14(6-12(9)15)18-8-17-13/h4,6,10-11,16H,2-3,5,7-8H2,1H3. The Bertz CT molecular complexity index is 469. The van der Waals surface area contributed by atoms with Gasteiger partial charge in [0.2, 0.25) is 6.79 Å². The first kappa shape index (κ1) is 13.6. The van der Waals surface area contributed by atoms with Crippen LogP contribution in [0.25, 0.3) is 0 Å². The highest BCUT2D eigenvalue weighted by molar-refractivity contribution is 9.10. The lowest BCUT2D eigenvalue weighted by atomic mass is 10.1. The molecule has 19 heavy (non-hydrogen) atoms. The molecule has 5 heteroatoms. The predicted molar refractivity (Wildman–Crippen MR) is 82.0 cm³/mol. The average Bonchev–Trinajstić information content (AvgIpc) is 3.03. The summed E-state index contributed by atoms with van der Waals surface area (Å²) in [5.74, 6) is 1.69. The molecule has 2 aliphatic rings. The minimum absolute atomic E-state index is 0.330. The van der Waals surface area contributed by atoms with Crippen molar-refractivity contribution in [1.29, 1.82) is 0 Å². The Labute approximate surface area is 126 Å². The number of benzene rings is 1. The predicted octanol–water partition coefficient (Wildman–Crippen LogP) is 3.55. The van der Waals surface area contributed by atoms with Gasteiger partial charge < -0.3 is 14.8 Å². The van der Waals surface area contributed by atoms with Gasteiger partial charge in [-0.2, -0.15) is 11.8 Å². The number of ether oxygens (including phenoxy) is 2. The van der Waals surface area contributed by atoms with Gasteiger partial charge in [0.05, 0.1) is 0 Å². The van der Waals surface area contributed by atoms with Crippen LogP contribution >= 0.6 is 27.7 Å². The molecule has 0 bridgehead atoms. The van der Waals surface area contributed by atoms with Crippen LogP contribution in [-0.4, -0.2) is 24.3 Å². The molecule has 0 saturated heterocycles. The van der Waals surface area contributed by atoms with Gasteiger partial charge in [0.1, 0.15) is 0 Å². The Morgan fingerprint density at radius 1 is 1.32 bits per heavy atom. The lowest BCUT2D eigenvalue weighted by Crippen LogP contribution is -2.26. The molecular formula is C14H18BrNO2S. The van der Waals surface area contributed by atoms with Gasteiger partial charge in [-0.05, 0) is 43.2 Å². The molecule has 2 unspecified atom stereocenters. The minimum Gasteiger partial charge on any atom is -0.454 e. The van der Waals surface area contributed by atoms with Crippen molar-refractivity contribution in [2.45, 2.75) is 37.1 Å². The number of nitrogens with one attached hydrogen (secondary N) is 1. The van der Waals surface area contributed by atoms with E-state index >= 15 is 0 Å². The van der Waals surface area contributed by atoms with Gasteiger partial charge in [-0.1, -0.05) is 15.9 Å². The van der Waals surface area contributed by atoms with E-state index in [4.69, 9.17) is 9.47 Å². The van der Waals surface area contributed by atoms with Crippen molar-refractivity contribution >= 4 is 27.7 Å². The third-order valence-corrected chi connectivity index (χ3v) is 5.67.